The molecule has 0 heterocycles. The largest absolute Gasteiger partial charge is 0.269 e. The summed E-state index contributed by atoms with van der Waals surface area (Å²) in [6.07, 6.45) is 0. The Bertz CT molecular complexity index is 83.0. The van der Waals surface area contributed by atoms with Crippen molar-refractivity contribution in [3.8, 4) is 0 Å². The average molecular weight is 308 g/mol. The van der Waals surface area contributed by atoms with E-state index < -0.39 is 0 Å². The summed E-state index contributed by atoms with van der Waals surface area (Å²) in [4.78, 5) is 0. The molecule has 0 saturated carbocycles. The fraction of sp³-hybridized carbons (Fsp3) is 0. The first kappa shape index (κ1) is 15.9. The van der Waals surface area contributed by atoms with Crippen LogP contribution in [0.3, 0.4) is 0 Å². The second-order valence-electron chi connectivity index (χ2n) is 1.15. The maximum atomic E-state index is 2.00. The van der Waals surface area contributed by atoms with Gasteiger partial charge in [-0.15, -0.1) is 0 Å². The zero-order valence-electron chi connectivity index (χ0n) is 4.63. The fourth-order valence-corrected chi connectivity index (χ4v) is 0.385. The van der Waals surface area contributed by atoms with Gasteiger partial charge >= 0.3 is 0 Å². The molecule has 0 spiro atoms. The van der Waals surface area contributed by atoms with Gasteiger partial charge in [0.25, 0.3) is 0 Å². The third kappa shape index (κ3) is 7.72. The summed E-state index contributed by atoms with van der Waals surface area (Å²) >= 11 is 0. The van der Waals surface area contributed by atoms with Gasteiger partial charge in [-0.1, -0.05) is 36.4 Å². The molecule has 0 unspecified atom stereocenters. The van der Waals surface area contributed by atoms with Crippen LogP contribution in [-0.2, 0) is 19.8 Å². The Morgan fingerprint density at radius 1 is 0.444 bits per heavy atom. The second kappa shape index (κ2) is 10.7. The Labute approximate surface area is 66.1 Å². The van der Waals surface area contributed by atoms with E-state index in [-0.39, 0.29) is 29.2 Å². The van der Waals surface area contributed by atoms with Crippen molar-refractivity contribution in [3.63, 3.8) is 0 Å². The third-order valence-corrected chi connectivity index (χ3v) is 0.667. The molecular weight excluding hydrogens is 300 g/mol. The van der Waals surface area contributed by atoms with Gasteiger partial charge in [0.2, 0.25) is 0 Å². The molecule has 0 atom stereocenters. The van der Waals surface area contributed by atoms with Crippen LogP contribution in [0, 0.1) is 0 Å². The summed E-state index contributed by atoms with van der Waals surface area (Å²) < 4.78 is 0. The van der Waals surface area contributed by atoms with Crippen LogP contribution in [0.1, 0.15) is 0 Å². The van der Waals surface area contributed by atoms with Crippen LogP contribution >= 0.6 is 0 Å². The van der Waals surface area contributed by atoms with Gasteiger partial charge in [0.1, 0.15) is 0 Å². The Hall–Kier alpha value is -0.284. The van der Waals surface area contributed by atoms with E-state index in [9.17, 15) is 0 Å². The monoisotopic (exact) mass is 310 g/mol. The molecule has 1 aromatic rings. The zero-order valence-corrected chi connectivity index (χ0v) is 7.17. The molecule has 0 amide bonds. The molecule has 0 aliphatic rings. The summed E-state index contributed by atoms with van der Waals surface area (Å²) in [5.74, 6) is 0. The van der Waals surface area contributed by atoms with Crippen LogP contribution < -0.4 is 0 Å². The molecule has 0 nitrogen and oxygen atoms in total. The summed E-state index contributed by atoms with van der Waals surface area (Å²) in [6.45, 7) is 0. The van der Waals surface area contributed by atoms with Crippen LogP contribution in [0.4, 0.5) is 9.41 Å². The molecule has 0 aliphatic heterocycles. The minimum atomic E-state index is 0. The second-order valence-corrected chi connectivity index (χ2v) is 1.15. The van der Waals surface area contributed by atoms with E-state index >= 15 is 0 Å². The van der Waals surface area contributed by atoms with E-state index in [0.717, 1.165) is 0 Å². The SMILES string of the molecule is F.F.[Os].c1ccccc1. The van der Waals surface area contributed by atoms with Crippen molar-refractivity contribution in [2.75, 3.05) is 0 Å². The van der Waals surface area contributed by atoms with Gasteiger partial charge in [-0.25, -0.2) is 0 Å². The number of hydrogen-bond acceptors (Lipinski definition) is 0. The Kier molecular flexibility index (Phi) is 18.8. The van der Waals surface area contributed by atoms with Gasteiger partial charge in [-0.3, -0.25) is 9.41 Å². The molecular formula is C6H8F2Os. The minimum Gasteiger partial charge on any atom is -0.269 e. The van der Waals surface area contributed by atoms with Crippen molar-refractivity contribution < 1.29 is 29.2 Å². The van der Waals surface area contributed by atoms with E-state index in [1.807, 2.05) is 36.4 Å². The first-order valence-electron chi connectivity index (χ1n) is 2.00. The van der Waals surface area contributed by atoms with Gasteiger partial charge in [-0.05, 0) is 0 Å². The fourth-order valence-electron chi connectivity index (χ4n) is 0.385. The molecule has 54 valence electrons. The summed E-state index contributed by atoms with van der Waals surface area (Å²) in [5, 5.41) is 0. The molecule has 0 fully saturated rings. The van der Waals surface area contributed by atoms with E-state index in [1.165, 1.54) is 0 Å². The van der Waals surface area contributed by atoms with Crippen molar-refractivity contribution in [2.24, 2.45) is 0 Å². The van der Waals surface area contributed by atoms with Gasteiger partial charge < -0.3 is 0 Å². The molecule has 0 aromatic heterocycles. The van der Waals surface area contributed by atoms with Crippen molar-refractivity contribution in [2.45, 2.75) is 0 Å². The van der Waals surface area contributed by atoms with Crippen LogP contribution in [-0.4, -0.2) is 0 Å². The van der Waals surface area contributed by atoms with Gasteiger partial charge in [-0.2, -0.15) is 0 Å². The third-order valence-electron chi connectivity index (χ3n) is 0.667. The molecule has 3 heteroatoms. The smallest absolute Gasteiger partial charge is 0 e. The van der Waals surface area contributed by atoms with Gasteiger partial charge in [0.15, 0.2) is 0 Å². The maximum absolute atomic E-state index is 2.00. The number of hydrogen-bond donors (Lipinski definition) is 0. The molecule has 0 N–H and O–H groups in total. The first-order valence-corrected chi connectivity index (χ1v) is 2.00. The minimum absolute atomic E-state index is 0. The summed E-state index contributed by atoms with van der Waals surface area (Å²) in [6, 6.07) is 12.0. The van der Waals surface area contributed by atoms with E-state index in [2.05, 4.69) is 0 Å². The Morgan fingerprint density at radius 3 is 0.667 bits per heavy atom. The molecule has 0 bridgehead atoms. The average Bonchev–Trinajstić information content (AvgIpc) is 1.72. The molecule has 0 aliphatic carbocycles. The van der Waals surface area contributed by atoms with E-state index in [4.69, 9.17) is 0 Å². The number of rotatable bonds is 0. The molecule has 0 radical (unpaired) electrons. The van der Waals surface area contributed by atoms with Crippen molar-refractivity contribution in [1.82, 2.24) is 0 Å². The van der Waals surface area contributed by atoms with Crippen LogP contribution in [0.5, 0.6) is 0 Å². The number of halogens is 2. The molecule has 9 heavy (non-hydrogen) atoms. The summed E-state index contributed by atoms with van der Waals surface area (Å²) in [5.41, 5.74) is 0. The number of benzene rings is 1. The van der Waals surface area contributed by atoms with E-state index in [0.29, 0.717) is 0 Å². The van der Waals surface area contributed by atoms with E-state index in [1.54, 1.807) is 0 Å². The van der Waals surface area contributed by atoms with Crippen molar-refractivity contribution in [1.29, 1.82) is 0 Å². The standard InChI is InChI=1S/C6H6.2FH.Os/c1-2-4-6-5-3-1;;;/h1-6H;2*1H;. The first-order chi connectivity index (χ1) is 3.00. The van der Waals surface area contributed by atoms with Crippen molar-refractivity contribution in [3.05, 3.63) is 36.4 Å². The van der Waals surface area contributed by atoms with Gasteiger partial charge in [0, 0.05) is 19.8 Å². The summed E-state index contributed by atoms with van der Waals surface area (Å²) in [7, 11) is 0. The topological polar surface area (TPSA) is 0 Å². The van der Waals surface area contributed by atoms with Crippen LogP contribution in [0.15, 0.2) is 36.4 Å². The molecule has 1 aromatic carbocycles. The molecule has 0 saturated heterocycles. The zero-order chi connectivity index (χ0) is 4.24. The normalized spacial score (nSPS) is 5.33. The predicted molar refractivity (Wildman–Crippen MR) is 31.4 cm³/mol. The van der Waals surface area contributed by atoms with Crippen LogP contribution in [0.25, 0.3) is 0 Å². The van der Waals surface area contributed by atoms with Crippen molar-refractivity contribution >= 4 is 0 Å². The Morgan fingerprint density at radius 2 is 0.556 bits per heavy atom. The Balaban J connectivity index is -0.000000120. The van der Waals surface area contributed by atoms with Crippen LogP contribution in [0.2, 0.25) is 0 Å². The predicted octanol–water partition coefficient (Wildman–Crippen LogP) is 1.99. The van der Waals surface area contributed by atoms with Gasteiger partial charge in [0.05, 0.1) is 0 Å². The quantitative estimate of drug-likeness (QED) is 0.688. The molecule has 1 rings (SSSR count). The maximum Gasteiger partial charge on any atom is 0 e.